The average Bonchev–Trinajstić information content (AvgIpc) is 3.59. The molecule has 268 valence electrons. The van der Waals surface area contributed by atoms with Crippen molar-refractivity contribution in [2.24, 2.45) is 0 Å². The van der Waals surface area contributed by atoms with Crippen LogP contribution in [-0.4, -0.2) is 57.9 Å². The van der Waals surface area contributed by atoms with E-state index in [1.165, 1.54) is 0 Å². The summed E-state index contributed by atoms with van der Waals surface area (Å²) in [7, 11) is -2.10. The largest absolute Gasteiger partial charge is 0.497 e. The van der Waals surface area contributed by atoms with E-state index in [1.807, 2.05) is 107 Å². The van der Waals surface area contributed by atoms with Gasteiger partial charge >= 0.3 is 7.75 Å². The van der Waals surface area contributed by atoms with E-state index in [-0.39, 0.29) is 19.3 Å². The van der Waals surface area contributed by atoms with Crippen molar-refractivity contribution in [1.29, 1.82) is 0 Å². The molecular formula is C40H50NO8P. The second-order valence-corrected chi connectivity index (χ2v) is 14.9. The molecule has 4 atom stereocenters. The minimum atomic E-state index is -3.73. The van der Waals surface area contributed by atoms with Crippen LogP contribution in [0.3, 0.4) is 0 Å². The summed E-state index contributed by atoms with van der Waals surface area (Å²) in [6.45, 7) is 9.03. The average molecular weight is 704 g/mol. The van der Waals surface area contributed by atoms with Crippen LogP contribution in [-0.2, 0) is 38.2 Å². The number of nitrogens with one attached hydrogen (secondary N) is 1. The highest BCUT2D eigenvalue weighted by Gasteiger charge is 2.38. The van der Waals surface area contributed by atoms with E-state index in [2.05, 4.69) is 41.5 Å². The van der Waals surface area contributed by atoms with Gasteiger partial charge in [0, 0.05) is 12.1 Å². The summed E-state index contributed by atoms with van der Waals surface area (Å²) in [5, 5.41) is 3.00. The second-order valence-electron chi connectivity index (χ2n) is 13.2. The Morgan fingerprint density at radius 1 is 0.820 bits per heavy atom. The molecule has 0 radical (unpaired) electrons. The molecule has 0 aliphatic carbocycles. The van der Waals surface area contributed by atoms with Crippen LogP contribution in [0, 0.1) is 0 Å². The van der Waals surface area contributed by atoms with Gasteiger partial charge in [-0.3, -0.25) is 9.05 Å². The van der Waals surface area contributed by atoms with E-state index in [0.29, 0.717) is 26.2 Å². The van der Waals surface area contributed by atoms with Crippen LogP contribution >= 0.6 is 7.75 Å². The molecule has 0 amide bonds. The predicted molar refractivity (Wildman–Crippen MR) is 194 cm³/mol. The standard InChI is InChI=1S/C40H50NO8P/c1-31(25-27-46-40(33-15-9-6-10-16-33,34-17-11-7-12-18-34)35-19-13-8-14-20-35)48-50(42,49-39(2,3)4)41-26-28-44-29-37-30-45-38(47-37)32-21-23-36(43-5)24-22-32/h6-24,31,37-38H,25-30H2,1-5H3,(H,41,42). The fourth-order valence-corrected chi connectivity index (χ4v) is 7.68. The molecular weight excluding hydrogens is 653 g/mol. The molecule has 0 bridgehead atoms. The summed E-state index contributed by atoms with van der Waals surface area (Å²) >= 11 is 0. The van der Waals surface area contributed by atoms with Crippen molar-refractivity contribution in [2.45, 2.75) is 63.8 Å². The zero-order valence-corrected chi connectivity index (χ0v) is 30.6. The Labute approximate surface area is 296 Å². The third kappa shape index (κ3) is 10.3. The maximum atomic E-state index is 14.0. The van der Waals surface area contributed by atoms with Crippen LogP contribution in [0.5, 0.6) is 5.75 Å². The SMILES string of the molecule is COc1ccc(C2OCC(COCCNP(=O)(OC(C)CCOC(c3ccccc3)(c3ccccc3)c3ccccc3)OC(C)(C)C)O2)cc1. The first-order valence-corrected chi connectivity index (χ1v) is 18.7. The summed E-state index contributed by atoms with van der Waals surface area (Å²) in [6.07, 6.45) is -0.648. The molecule has 10 heteroatoms. The molecule has 1 heterocycles. The molecule has 4 aromatic rings. The van der Waals surface area contributed by atoms with Gasteiger partial charge < -0.3 is 23.7 Å². The molecule has 5 rings (SSSR count). The monoisotopic (exact) mass is 703 g/mol. The summed E-state index contributed by atoms with van der Waals surface area (Å²) in [5.41, 5.74) is 2.39. The van der Waals surface area contributed by atoms with Gasteiger partial charge in [0.05, 0.1) is 45.2 Å². The molecule has 0 saturated carbocycles. The van der Waals surface area contributed by atoms with Crippen molar-refractivity contribution < 1.29 is 37.3 Å². The molecule has 9 nitrogen and oxygen atoms in total. The maximum absolute atomic E-state index is 14.0. The topological polar surface area (TPSA) is 93.7 Å². The van der Waals surface area contributed by atoms with Gasteiger partial charge in [0.1, 0.15) is 17.5 Å². The molecule has 0 spiro atoms. The maximum Gasteiger partial charge on any atom is 0.406 e. The number of benzene rings is 4. The van der Waals surface area contributed by atoms with Gasteiger partial charge in [-0.15, -0.1) is 0 Å². The second kappa shape index (κ2) is 17.7. The zero-order valence-electron chi connectivity index (χ0n) is 29.7. The lowest BCUT2D eigenvalue weighted by Crippen LogP contribution is -2.34. The molecule has 0 aromatic heterocycles. The molecule has 4 unspecified atom stereocenters. The Bertz CT molecular complexity index is 1520. The number of methoxy groups -OCH3 is 1. The summed E-state index contributed by atoms with van der Waals surface area (Å²) in [4.78, 5) is 0. The molecule has 1 aliphatic rings. The summed E-state index contributed by atoms with van der Waals surface area (Å²) in [5.74, 6) is 0.773. The number of hydrogen-bond donors (Lipinski definition) is 1. The van der Waals surface area contributed by atoms with Crippen LogP contribution in [0.2, 0.25) is 0 Å². The van der Waals surface area contributed by atoms with Gasteiger partial charge in [0.25, 0.3) is 0 Å². The number of rotatable bonds is 18. The smallest absolute Gasteiger partial charge is 0.406 e. The van der Waals surface area contributed by atoms with Gasteiger partial charge in [-0.1, -0.05) is 103 Å². The van der Waals surface area contributed by atoms with Crippen molar-refractivity contribution in [3.05, 3.63) is 138 Å². The first kappa shape index (κ1) is 37.9. The first-order valence-electron chi connectivity index (χ1n) is 17.1. The van der Waals surface area contributed by atoms with Gasteiger partial charge in [-0.25, -0.2) is 9.65 Å². The quantitative estimate of drug-likeness (QED) is 0.0623. The highest BCUT2D eigenvalue weighted by Crippen LogP contribution is 2.49. The van der Waals surface area contributed by atoms with Crippen LogP contribution in [0.25, 0.3) is 0 Å². The Balaban J connectivity index is 1.16. The van der Waals surface area contributed by atoms with Gasteiger partial charge in [-0.2, -0.15) is 0 Å². The van der Waals surface area contributed by atoms with Crippen molar-refractivity contribution in [2.75, 3.05) is 40.1 Å². The summed E-state index contributed by atoms with van der Waals surface area (Å²) in [6, 6.07) is 38.2. The van der Waals surface area contributed by atoms with Crippen LogP contribution in [0.4, 0.5) is 0 Å². The van der Waals surface area contributed by atoms with E-state index in [1.54, 1.807) is 7.11 Å². The van der Waals surface area contributed by atoms with E-state index in [4.69, 9.17) is 32.7 Å². The van der Waals surface area contributed by atoms with Gasteiger partial charge in [0.2, 0.25) is 0 Å². The van der Waals surface area contributed by atoms with Crippen LogP contribution in [0.15, 0.2) is 115 Å². The minimum absolute atomic E-state index is 0.217. The molecule has 1 fully saturated rings. The fourth-order valence-electron chi connectivity index (χ4n) is 5.83. The predicted octanol–water partition coefficient (Wildman–Crippen LogP) is 8.44. The highest BCUT2D eigenvalue weighted by molar-refractivity contribution is 7.51. The lowest BCUT2D eigenvalue weighted by molar-refractivity contribution is -0.0735. The Morgan fingerprint density at radius 3 is 1.90 bits per heavy atom. The molecule has 1 N–H and O–H groups in total. The van der Waals surface area contributed by atoms with Gasteiger partial charge in [-0.05, 0) is 62.9 Å². The highest BCUT2D eigenvalue weighted by atomic mass is 31.2. The van der Waals surface area contributed by atoms with Crippen molar-refractivity contribution >= 4 is 7.75 Å². The molecule has 1 aliphatic heterocycles. The van der Waals surface area contributed by atoms with Crippen molar-refractivity contribution in [3.63, 3.8) is 0 Å². The Hall–Kier alpha value is -3.37. The summed E-state index contributed by atoms with van der Waals surface area (Å²) < 4.78 is 55.9. The van der Waals surface area contributed by atoms with Gasteiger partial charge in [0.15, 0.2) is 6.29 Å². The lowest BCUT2D eigenvalue weighted by Gasteiger charge is -2.36. The normalized spacial score (nSPS) is 18.4. The minimum Gasteiger partial charge on any atom is -0.497 e. The van der Waals surface area contributed by atoms with Crippen molar-refractivity contribution in [1.82, 2.24) is 5.09 Å². The van der Waals surface area contributed by atoms with E-state index < -0.39 is 31.3 Å². The first-order chi connectivity index (χ1) is 24.1. The van der Waals surface area contributed by atoms with E-state index in [9.17, 15) is 4.57 Å². The third-order valence-electron chi connectivity index (χ3n) is 8.09. The van der Waals surface area contributed by atoms with Crippen LogP contribution < -0.4 is 9.82 Å². The molecule has 1 saturated heterocycles. The lowest BCUT2D eigenvalue weighted by atomic mass is 9.80. The van der Waals surface area contributed by atoms with Crippen LogP contribution in [0.1, 0.15) is 62.7 Å². The zero-order chi connectivity index (χ0) is 35.5. The van der Waals surface area contributed by atoms with E-state index in [0.717, 1.165) is 28.0 Å². The Kier molecular flexibility index (Phi) is 13.4. The van der Waals surface area contributed by atoms with E-state index >= 15 is 0 Å². The van der Waals surface area contributed by atoms with Crippen molar-refractivity contribution in [3.8, 4) is 5.75 Å². The Morgan fingerprint density at radius 2 is 1.38 bits per heavy atom. The molecule has 50 heavy (non-hydrogen) atoms. The number of ether oxygens (including phenoxy) is 5. The fraction of sp³-hybridized carbons (Fsp3) is 0.400. The third-order valence-corrected chi connectivity index (χ3v) is 10.1. The molecule has 4 aromatic carbocycles. The number of hydrogen-bond acceptors (Lipinski definition) is 8.